The number of carbonyl (C=O) groups excluding carboxylic acids is 1. The van der Waals surface area contributed by atoms with E-state index in [0.29, 0.717) is 44.0 Å². The van der Waals surface area contributed by atoms with Crippen LogP contribution in [0.3, 0.4) is 0 Å². The molecule has 3 heterocycles. The van der Waals surface area contributed by atoms with Crippen molar-refractivity contribution in [1.29, 1.82) is 0 Å². The number of carbonyl (C=O) groups is 2. The SMILES string of the molecule is C/C=C(F)\C(Cl)=C/Cc1nn(C2=CC=CC(C)C2)cc1CN1CCC2(CC1)CN(c1ccc(C(=O)O)cc1)C(=O)O2. The molecule has 5 rings (SSSR count). The van der Waals surface area contributed by atoms with Crippen molar-refractivity contribution in [3.63, 3.8) is 0 Å². The number of hydrogen-bond acceptors (Lipinski definition) is 5. The van der Waals surface area contributed by atoms with Crippen molar-refractivity contribution in [2.24, 2.45) is 5.92 Å². The summed E-state index contributed by atoms with van der Waals surface area (Å²) in [7, 11) is 0. The van der Waals surface area contributed by atoms with Crippen LogP contribution in [0.1, 0.15) is 54.7 Å². The molecule has 0 saturated carbocycles. The molecule has 2 aromatic rings. The first-order chi connectivity index (χ1) is 19.7. The van der Waals surface area contributed by atoms with E-state index in [1.807, 2.05) is 4.68 Å². The molecule has 3 aliphatic rings. The van der Waals surface area contributed by atoms with Gasteiger partial charge in [0.25, 0.3) is 0 Å². The highest BCUT2D eigenvalue weighted by Gasteiger charge is 2.47. The lowest BCUT2D eigenvalue weighted by Gasteiger charge is -2.37. The van der Waals surface area contributed by atoms with Crippen molar-refractivity contribution in [2.75, 3.05) is 24.5 Å². The van der Waals surface area contributed by atoms with E-state index < -0.39 is 23.5 Å². The molecule has 2 aliphatic heterocycles. The van der Waals surface area contributed by atoms with E-state index in [-0.39, 0.29) is 10.6 Å². The van der Waals surface area contributed by atoms with Crippen LogP contribution >= 0.6 is 11.6 Å². The summed E-state index contributed by atoms with van der Waals surface area (Å²) in [5.41, 5.74) is 3.21. The maximum Gasteiger partial charge on any atom is 0.415 e. The number of nitrogens with zero attached hydrogens (tertiary/aromatic N) is 4. The molecule has 1 aromatic heterocycles. The number of aromatic nitrogens is 2. The summed E-state index contributed by atoms with van der Waals surface area (Å²) in [5, 5.41) is 14.1. The Morgan fingerprint density at radius 2 is 2.00 bits per heavy atom. The van der Waals surface area contributed by atoms with E-state index in [4.69, 9.17) is 26.5 Å². The normalized spacial score (nSPS) is 21.4. The molecule has 10 heteroatoms. The molecule has 1 unspecified atom stereocenters. The van der Waals surface area contributed by atoms with Crippen LogP contribution in [0.4, 0.5) is 14.9 Å². The number of aromatic carboxylic acids is 1. The number of rotatable bonds is 8. The monoisotopic (exact) mass is 580 g/mol. The standard InChI is InChI=1S/C31H34ClFN4O4/c1-3-27(33)26(32)11-12-28-23(19-37(34-28)25-6-4-5-21(2)17-25)18-35-15-13-31(14-16-35)20-36(30(40)41-31)24-9-7-22(8-10-24)29(38)39/h3-11,19,21H,12-18,20H2,1-2H3,(H,38,39)/b26-11+,27-3+. The molecule has 0 bridgehead atoms. The van der Waals surface area contributed by atoms with Gasteiger partial charge in [0.15, 0.2) is 0 Å². The molecule has 216 valence electrons. The first-order valence-electron chi connectivity index (χ1n) is 13.9. The van der Waals surface area contributed by atoms with Crippen LogP contribution < -0.4 is 4.90 Å². The lowest BCUT2D eigenvalue weighted by Crippen LogP contribution is -2.46. The summed E-state index contributed by atoms with van der Waals surface area (Å²) in [5.74, 6) is -1.05. The number of piperidine rings is 1. The predicted octanol–water partition coefficient (Wildman–Crippen LogP) is 6.55. The second kappa shape index (κ2) is 12.0. The highest BCUT2D eigenvalue weighted by Crippen LogP contribution is 2.36. The molecule has 2 saturated heterocycles. The molecule has 1 spiro atoms. The zero-order chi connectivity index (χ0) is 29.1. The lowest BCUT2D eigenvalue weighted by molar-refractivity contribution is -0.00102. The molecule has 1 aromatic carbocycles. The molecule has 1 aliphatic carbocycles. The molecule has 0 radical (unpaired) electrons. The summed E-state index contributed by atoms with van der Waals surface area (Å²) in [4.78, 5) is 27.8. The third-order valence-electron chi connectivity index (χ3n) is 7.94. The summed E-state index contributed by atoms with van der Waals surface area (Å²) >= 11 is 6.14. The molecular formula is C31H34ClFN4O4. The maximum atomic E-state index is 13.9. The number of carboxylic acids is 1. The molecule has 1 N–H and O–H groups in total. The Labute approximate surface area is 244 Å². The molecule has 8 nitrogen and oxygen atoms in total. The minimum Gasteiger partial charge on any atom is -0.478 e. The van der Waals surface area contributed by atoms with Crippen LogP contribution in [-0.4, -0.2) is 57.1 Å². The zero-order valence-corrected chi connectivity index (χ0v) is 24.0. The van der Waals surface area contributed by atoms with E-state index in [2.05, 4.69) is 36.2 Å². The molecule has 1 amide bonds. The Morgan fingerprint density at radius 1 is 1.27 bits per heavy atom. The van der Waals surface area contributed by atoms with E-state index in [9.17, 15) is 14.0 Å². The van der Waals surface area contributed by atoms with Crippen LogP contribution in [0.15, 0.2) is 71.7 Å². The fraction of sp³-hybridized carbons (Fsp3) is 0.387. The quantitative estimate of drug-likeness (QED) is 0.356. The van der Waals surface area contributed by atoms with E-state index in [0.717, 1.165) is 36.5 Å². The number of anilines is 1. The predicted molar refractivity (Wildman–Crippen MR) is 156 cm³/mol. The van der Waals surface area contributed by atoms with Gasteiger partial charge in [-0.25, -0.2) is 18.7 Å². The van der Waals surface area contributed by atoms with Gasteiger partial charge in [-0.15, -0.1) is 0 Å². The Kier molecular flexibility index (Phi) is 8.47. The third-order valence-corrected chi connectivity index (χ3v) is 8.28. The Balaban J connectivity index is 1.28. The Bertz CT molecular complexity index is 1430. The van der Waals surface area contributed by atoms with Gasteiger partial charge in [0.2, 0.25) is 0 Å². The number of ether oxygens (including phenoxy) is 1. The van der Waals surface area contributed by atoms with Gasteiger partial charge in [-0.05, 0) is 49.6 Å². The smallest absolute Gasteiger partial charge is 0.415 e. The Morgan fingerprint density at radius 3 is 2.66 bits per heavy atom. The Hall–Kier alpha value is -3.69. The number of carboxylic acid groups (broad SMARTS) is 1. The number of allylic oxidation sites excluding steroid dienone is 8. The van der Waals surface area contributed by atoms with Crippen LogP contribution in [0.25, 0.3) is 5.70 Å². The fourth-order valence-electron chi connectivity index (χ4n) is 5.54. The highest BCUT2D eigenvalue weighted by atomic mass is 35.5. The van der Waals surface area contributed by atoms with E-state index in [1.165, 1.54) is 18.2 Å². The topological polar surface area (TPSA) is 87.9 Å². The van der Waals surface area contributed by atoms with Crippen molar-refractivity contribution in [3.8, 4) is 0 Å². The summed E-state index contributed by atoms with van der Waals surface area (Å²) in [6.45, 7) is 6.33. The average molecular weight is 581 g/mol. The number of benzene rings is 1. The fourth-order valence-corrected chi connectivity index (χ4v) is 5.72. The van der Waals surface area contributed by atoms with Crippen molar-refractivity contribution >= 4 is 35.0 Å². The molecule has 41 heavy (non-hydrogen) atoms. The first-order valence-corrected chi connectivity index (χ1v) is 14.2. The minimum absolute atomic E-state index is 0.0755. The van der Waals surface area contributed by atoms with Crippen molar-refractivity contribution in [2.45, 2.75) is 51.7 Å². The zero-order valence-electron chi connectivity index (χ0n) is 23.2. The number of halogens is 2. The van der Waals surface area contributed by atoms with E-state index in [1.54, 1.807) is 30.0 Å². The van der Waals surface area contributed by atoms with Crippen molar-refractivity contribution < 1.29 is 23.8 Å². The van der Waals surface area contributed by atoms with Gasteiger partial charge in [0.05, 0.1) is 22.8 Å². The maximum absolute atomic E-state index is 13.9. The van der Waals surface area contributed by atoms with Crippen LogP contribution in [0.2, 0.25) is 0 Å². The highest BCUT2D eigenvalue weighted by molar-refractivity contribution is 6.31. The van der Waals surface area contributed by atoms with Crippen molar-refractivity contribution in [3.05, 3.63) is 88.5 Å². The van der Waals surface area contributed by atoms with Crippen molar-refractivity contribution in [1.82, 2.24) is 14.7 Å². The number of hydrogen-bond donors (Lipinski definition) is 1. The van der Waals surface area contributed by atoms with Gasteiger partial charge in [-0.3, -0.25) is 9.80 Å². The first kappa shape index (κ1) is 28.8. The molecule has 2 fully saturated rings. The summed E-state index contributed by atoms with van der Waals surface area (Å²) in [6, 6.07) is 6.26. The third kappa shape index (κ3) is 6.47. The number of likely N-dealkylation sites (tertiary alicyclic amines) is 1. The van der Waals surface area contributed by atoms with Gasteiger partial charge in [-0.1, -0.05) is 42.8 Å². The summed E-state index contributed by atoms with van der Waals surface area (Å²) < 4.78 is 21.8. The second-order valence-electron chi connectivity index (χ2n) is 10.9. The van der Waals surface area contributed by atoms with Crippen LogP contribution in [-0.2, 0) is 17.7 Å². The van der Waals surface area contributed by atoms with Crippen LogP contribution in [0, 0.1) is 5.92 Å². The number of amides is 1. The average Bonchev–Trinajstić information content (AvgIpc) is 3.52. The van der Waals surface area contributed by atoms with Gasteiger partial charge in [0.1, 0.15) is 11.4 Å². The minimum atomic E-state index is -1.01. The molecular weight excluding hydrogens is 547 g/mol. The second-order valence-corrected chi connectivity index (χ2v) is 11.3. The molecule has 1 atom stereocenters. The largest absolute Gasteiger partial charge is 0.478 e. The lowest BCUT2D eigenvalue weighted by atomic mass is 9.91. The van der Waals surface area contributed by atoms with Gasteiger partial charge in [-0.2, -0.15) is 5.10 Å². The van der Waals surface area contributed by atoms with Gasteiger partial charge >= 0.3 is 12.1 Å². The summed E-state index contributed by atoms with van der Waals surface area (Å²) in [6.07, 6.45) is 13.6. The van der Waals surface area contributed by atoms with Crippen LogP contribution in [0.5, 0.6) is 0 Å². The van der Waals surface area contributed by atoms with Gasteiger partial charge in [0, 0.05) is 62.0 Å². The van der Waals surface area contributed by atoms with Gasteiger partial charge < -0.3 is 9.84 Å². The van der Waals surface area contributed by atoms with E-state index >= 15 is 0 Å².